The van der Waals surface area contributed by atoms with Crippen molar-refractivity contribution in [3.8, 4) is 0 Å². The molecule has 3 rings (SSSR count). The van der Waals surface area contributed by atoms with Crippen molar-refractivity contribution < 1.29 is 38.4 Å². The summed E-state index contributed by atoms with van der Waals surface area (Å²) in [7, 11) is 0. The first kappa shape index (κ1) is 19.8. The zero-order valence-corrected chi connectivity index (χ0v) is 16.2. The van der Waals surface area contributed by atoms with Crippen LogP contribution in [0.25, 0.3) is 0 Å². The van der Waals surface area contributed by atoms with Gasteiger partial charge in [-0.2, -0.15) is 4.89 Å². The van der Waals surface area contributed by atoms with E-state index in [9.17, 15) is 14.4 Å². The first-order chi connectivity index (χ1) is 12.5. The van der Waals surface area contributed by atoms with Gasteiger partial charge in [-0.05, 0) is 41.0 Å². The van der Waals surface area contributed by atoms with Crippen LogP contribution in [0.3, 0.4) is 0 Å². The molecule has 3 fully saturated rings. The molecule has 0 N–H and O–H groups in total. The second kappa shape index (κ2) is 6.91. The number of ether oxygens (including phenoxy) is 3. The van der Waals surface area contributed by atoms with Crippen molar-refractivity contribution in [3.63, 3.8) is 0 Å². The molecule has 3 aliphatic rings. The van der Waals surface area contributed by atoms with Crippen molar-refractivity contribution in [2.45, 2.75) is 65.1 Å². The molecule has 1 heterocycles. The van der Waals surface area contributed by atoms with E-state index in [1.807, 2.05) is 0 Å². The zero-order valence-electron chi connectivity index (χ0n) is 16.2. The molecule has 0 aromatic heterocycles. The monoisotopic (exact) mass is 382 g/mol. The molecule has 8 nitrogen and oxygen atoms in total. The minimum absolute atomic E-state index is 0.108. The second-order valence-electron chi connectivity index (χ2n) is 8.47. The number of hydrogen-bond donors (Lipinski definition) is 0. The maximum atomic E-state index is 12.6. The van der Waals surface area contributed by atoms with Gasteiger partial charge < -0.3 is 14.2 Å². The molecular weight excluding hydrogens is 356 g/mol. The molecular formula is C19H26O8. The molecule has 2 saturated carbocycles. The predicted molar refractivity (Wildman–Crippen MR) is 90.6 cm³/mol. The van der Waals surface area contributed by atoms with Crippen LogP contribution in [0.4, 0.5) is 0 Å². The van der Waals surface area contributed by atoms with Crippen LogP contribution in [0, 0.1) is 23.7 Å². The van der Waals surface area contributed by atoms with Crippen LogP contribution in [0.5, 0.6) is 0 Å². The highest BCUT2D eigenvalue weighted by atomic mass is 17.2. The molecule has 0 spiro atoms. The number of esters is 2. The molecule has 2 aliphatic carbocycles. The quantitative estimate of drug-likeness (QED) is 0.226. The molecule has 1 saturated heterocycles. The lowest BCUT2D eigenvalue weighted by atomic mass is 9.78. The van der Waals surface area contributed by atoms with Crippen LogP contribution in [0.15, 0.2) is 12.2 Å². The van der Waals surface area contributed by atoms with Crippen LogP contribution in [-0.2, 0) is 38.4 Å². The van der Waals surface area contributed by atoms with Gasteiger partial charge in [-0.3, -0.25) is 9.68 Å². The summed E-state index contributed by atoms with van der Waals surface area (Å²) in [5.41, 5.74) is -0.404. The average molecular weight is 382 g/mol. The van der Waals surface area contributed by atoms with E-state index < -0.39 is 53.8 Å². The van der Waals surface area contributed by atoms with E-state index in [4.69, 9.17) is 24.0 Å². The Morgan fingerprint density at radius 1 is 1.26 bits per heavy atom. The standard InChI is InChI=1S/C19H26O8/c1-8(2)16(20)24-9(3)23-14-11-7-10-12(17(21)25-15(10)14)13(11)18(22)26-27-19(4,5)6/h9-15H,1,7H2,2-6H3. The Kier molecular flexibility index (Phi) is 5.07. The molecule has 0 aromatic rings. The molecule has 2 bridgehead atoms. The van der Waals surface area contributed by atoms with Gasteiger partial charge in [0, 0.05) is 17.4 Å². The van der Waals surface area contributed by atoms with Gasteiger partial charge in [-0.15, -0.1) is 0 Å². The summed E-state index contributed by atoms with van der Waals surface area (Å²) in [4.78, 5) is 46.7. The molecule has 150 valence electrons. The van der Waals surface area contributed by atoms with Crippen LogP contribution >= 0.6 is 0 Å². The third-order valence-electron chi connectivity index (χ3n) is 5.16. The highest BCUT2D eigenvalue weighted by Gasteiger charge is 2.70. The van der Waals surface area contributed by atoms with Crippen LogP contribution < -0.4 is 0 Å². The number of carbonyl (C=O) groups is 3. The second-order valence-corrected chi connectivity index (χ2v) is 8.47. The van der Waals surface area contributed by atoms with E-state index in [-0.39, 0.29) is 17.4 Å². The van der Waals surface area contributed by atoms with Gasteiger partial charge in [0.15, 0.2) is 0 Å². The Bertz CT molecular complexity index is 663. The van der Waals surface area contributed by atoms with Gasteiger partial charge in [0.05, 0.1) is 11.8 Å². The van der Waals surface area contributed by atoms with Crippen LogP contribution in [0.1, 0.15) is 41.0 Å². The molecule has 27 heavy (non-hydrogen) atoms. The molecule has 1 aliphatic heterocycles. The average Bonchev–Trinajstić information content (AvgIpc) is 3.15. The summed E-state index contributed by atoms with van der Waals surface area (Å²) < 4.78 is 16.5. The Hall–Kier alpha value is -1.93. The summed E-state index contributed by atoms with van der Waals surface area (Å²) in [6.07, 6.45) is -1.23. The Morgan fingerprint density at radius 3 is 2.52 bits per heavy atom. The highest BCUT2D eigenvalue weighted by Crippen LogP contribution is 2.59. The fraction of sp³-hybridized carbons (Fsp3) is 0.737. The molecule has 8 heteroatoms. The Balaban J connectivity index is 1.71. The number of rotatable bonds is 6. The summed E-state index contributed by atoms with van der Waals surface area (Å²) >= 11 is 0. The first-order valence-electron chi connectivity index (χ1n) is 9.11. The smallest absolute Gasteiger partial charge is 0.346 e. The van der Waals surface area contributed by atoms with E-state index in [0.29, 0.717) is 6.42 Å². The topological polar surface area (TPSA) is 97.4 Å². The molecule has 0 aromatic carbocycles. The fourth-order valence-corrected chi connectivity index (χ4v) is 4.21. The molecule has 0 amide bonds. The van der Waals surface area contributed by atoms with E-state index in [1.54, 1.807) is 27.7 Å². The van der Waals surface area contributed by atoms with E-state index in [1.165, 1.54) is 6.92 Å². The molecule has 7 unspecified atom stereocenters. The van der Waals surface area contributed by atoms with Crippen molar-refractivity contribution in [2.24, 2.45) is 23.7 Å². The molecule has 0 radical (unpaired) electrons. The van der Waals surface area contributed by atoms with Gasteiger partial charge in [-0.25, -0.2) is 9.59 Å². The Morgan fingerprint density at radius 2 is 1.93 bits per heavy atom. The van der Waals surface area contributed by atoms with Crippen molar-refractivity contribution in [3.05, 3.63) is 12.2 Å². The zero-order chi connectivity index (χ0) is 20.1. The van der Waals surface area contributed by atoms with E-state index >= 15 is 0 Å². The SMILES string of the molecule is C=C(C)C(=O)OC(C)OC1C2CC3C1OC(=O)C3C2C(=O)OOC(C)(C)C. The van der Waals surface area contributed by atoms with Crippen LogP contribution in [-0.4, -0.2) is 42.0 Å². The van der Waals surface area contributed by atoms with E-state index in [0.717, 1.165) is 0 Å². The summed E-state index contributed by atoms with van der Waals surface area (Å²) in [6.45, 7) is 11.9. The van der Waals surface area contributed by atoms with Crippen LogP contribution in [0.2, 0.25) is 0 Å². The largest absolute Gasteiger partial charge is 0.459 e. The normalized spacial score (nSPS) is 34.9. The fourth-order valence-electron chi connectivity index (χ4n) is 4.21. The van der Waals surface area contributed by atoms with Crippen molar-refractivity contribution in [2.75, 3.05) is 0 Å². The maximum absolute atomic E-state index is 12.6. The van der Waals surface area contributed by atoms with Gasteiger partial charge in [-0.1, -0.05) is 6.58 Å². The van der Waals surface area contributed by atoms with Gasteiger partial charge >= 0.3 is 17.9 Å². The molecule has 7 atom stereocenters. The van der Waals surface area contributed by atoms with Gasteiger partial charge in [0.1, 0.15) is 17.8 Å². The first-order valence-corrected chi connectivity index (χ1v) is 9.11. The minimum atomic E-state index is -0.862. The third kappa shape index (κ3) is 3.73. The van der Waals surface area contributed by atoms with Gasteiger partial charge in [0.25, 0.3) is 0 Å². The predicted octanol–water partition coefficient (Wildman–Crippen LogP) is 1.92. The lowest BCUT2D eigenvalue weighted by molar-refractivity contribution is -0.325. The van der Waals surface area contributed by atoms with Crippen molar-refractivity contribution in [1.82, 2.24) is 0 Å². The summed E-state index contributed by atoms with van der Waals surface area (Å²) in [5, 5.41) is 0. The van der Waals surface area contributed by atoms with Crippen molar-refractivity contribution >= 4 is 17.9 Å². The lowest BCUT2D eigenvalue weighted by Gasteiger charge is -2.32. The maximum Gasteiger partial charge on any atom is 0.346 e. The summed E-state index contributed by atoms with van der Waals surface area (Å²) in [6, 6.07) is 0. The number of fused-ring (bicyclic) bond motifs is 1. The number of carbonyl (C=O) groups excluding carboxylic acids is 3. The summed E-state index contributed by atoms with van der Waals surface area (Å²) in [5.74, 6) is -3.19. The third-order valence-corrected chi connectivity index (χ3v) is 5.16. The number of hydrogen-bond acceptors (Lipinski definition) is 8. The Labute approximate surface area is 158 Å². The van der Waals surface area contributed by atoms with E-state index in [2.05, 4.69) is 6.58 Å². The van der Waals surface area contributed by atoms with Crippen molar-refractivity contribution in [1.29, 1.82) is 0 Å². The highest BCUT2D eigenvalue weighted by molar-refractivity contribution is 5.87. The van der Waals surface area contributed by atoms with Gasteiger partial charge in [0.2, 0.25) is 6.29 Å². The lowest BCUT2D eigenvalue weighted by Crippen LogP contribution is -2.44. The minimum Gasteiger partial charge on any atom is -0.459 e.